The maximum Gasteiger partial charge on any atom is 0.252 e. The third kappa shape index (κ3) is 3.20. The van der Waals surface area contributed by atoms with Gasteiger partial charge >= 0.3 is 0 Å². The molecule has 0 amide bonds. The molecule has 0 radical (unpaired) electrons. The summed E-state index contributed by atoms with van der Waals surface area (Å²) in [4.78, 5) is 1.03. The van der Waals surface area contributed by atoms with Crippen LogP contribution in [0.4, 0.5) is 0 Å². The molecule has 7 heteroatoms. The van der Waals surface area contributed by atoms with E-state index >= 15 is 0 Å². The van der Waals surface area contributed by atoms with E-state index < -0.39 is 10.0 Å². The van der Waals surface area contributed by atoms with Crippen molar-refractivity contribution in [1.29, 1.82) is 0 Å². The molecule has 0 atom stereocenters. The maximum atomic E-state index is 12.5. The zero-order chi connectivity index (χ0) is 14.9. The summed E-state index contributed by atoms with van der Waals surface area (Å²) < 4.78 is 29.1. The Kier molecular flexibility index (Phi) is 4.14. The third-order valence-corrected chi connectivity index (χ3v) is 7.25. The van der Waals surface area contributed by atoms with Crippen molar-refractivity contribution in [3.8, 4) is 0 Å². The zero-order valence-corrected chi connectivity index (χ0v) is 13.6. The fourth-order valence-electron chi connectivity index (χ4n) is 2.68. The van der Waals surface area contributed by atoms with Gasteiger partial charge in [-0.2, -0.15) is 9.40 Å². The second-order valence-electron chi connectivity index (χ2n) is 5.44. The van der Waals surface area contributed by atoms with Gasteiger partial charge in [0.15, 0.2) is 0 Å². The highest BCUT2D eigenvalue weighted by Crippen LogP contribution is 2.28. The normalized spacial score (nSPS) is 18.1. The number of aryl methyl sites for hydroxylation is 1. The summed E-state index contributed by atoms with van der Waals surface area (Å²) in [6, 6.07) is 5.49. The molecule has 3 rings (SSSR count). The van der Waals surface area contributed by atoms with Gasteiger partial charge in [0, 0.05) is 36.9 Å². The summed E-state index contributed by atoms with van der Waals surface area (Å²) in [7, 11) is -3.30. The third-order valence-electron chi connectivity index (χ3n) is 3.89. The van der Waals surface area contributed by atoms with Crippen LogP contribution in [0.2, 0.25) is 0 Å². The van der Waals surface area contributed by atoms with Gasteiger partial charge in [0.1, 0.15) is 4.21 Å². The van der Waals surface area contributed by atoms with Crippen LogP contribution in [0.1, 0.15) is 17.7 Å². The van der Waals surface area contributed by atoms with Crippen LogP contribution in [0.5, 0.6) is 0 Å². The van der Waals surface area contributed by atoms with Crippen molar-refractivity contribution in [2.75, 3.05) is 13.1 Å². The van der Waals surface area contributed by atoms with Crippen molar-refractivity contribution in [2.24, 2.45) is 5.92 Å². The van der Waals surface area contributed by atoms with Crippen molar-refractivity contribution in [3.05, 3.63) is 35.5 Å². The summed E-state index contributed by atoms with van der Waals surface area (Å²) in [5.41, 5.74) is 0. The smallest absolute Gasteiger partial charge is 0.252 e. The van der Waals surface area contributed by atoms with E-state index in [2.05, 4.69) is 5.10 Å². The Morgan fingerprint density at radius 1 is 1.33 bits per heavy atom. The monoisotopic (exact) mass is 325 g/mol. The van der Waals surface area contributed by atoms with Crippen LogP contribution in [-0.4, -0.2) is 35.6 Å². The molecule has 0 spiro atoms. The summed E-state index contributed by atoms with van der Waals surface area (Å²) in [5.74, 6) is 0.501. The summed E-state index contributed by atoms with van der Waals surface area (Å²) in [6.45, 7) is 4.01. The van der Waals surface area contributed by atoms with Crippen LogP contribution in [0, 0.1) is 12.8 Å². The summed E-state index contributed by atoms with van der Waals surface area (Å²) >= 11 is 1.35. The average Bonchev–Trinajstić information content (AvgIpc) is 3.11. The number of sulfonamides is 1. The van der Waals surface area contributed by atoms with Crippen molar-refractivity contribution in [1.82, 2.24) is 14.1 Å². The lowest BCUT2D eigenvalue weighted by atomic mass is 9.98. The first-order valence-corrected chi connectivity index (χ1v) is 9.35. The minimum Gasteiger partial charge on any atom is -0.272 e. The molecule has 1 fully saturated rings. The van der Waals surface area contributed by atoms with E-state index in [1.54, 1.807) is 16.6 Å². The van der Waals surface area contributed by atoms with Gasteiger partial charge in [0.05, 0.1) is 0 Å². The number of hydrogen-bond donors (Lipinski definition) is 0. The first kappa shape index (κ1) is 14.7. The molecule has 2 aromatic rings. The Hall–Kier alpha value is -1.18. The van der Waals surface area contributed by atoms with E-state index in [9.17, 15) is 8.42 Å². The molecule has 0 aliphatic carbocycles. The molecule has 0 aromatic carbocycles. The molecular formula is C14H19N3O2S2. The molecule has 3 heterocycles. The van der Waals surface area contributed by atoms with E-state index in [-0.39, 0.29) is 0 Å². The summed E-state index contributed by atoms with van der Waals surface area (Å²) in [6.07, 6.45) is 5.52. The van der Waals surface area contributed by atoms with Crippen LogP contribution >= 0.6 is 11.3 Å². The van der Waals surface area contributed by atoms with Crippen molar-refractivity contribution < 1.29 is 8.42 Å². The van der Waals surface area contributed by atoms with Gasteiger partial charge in [0.2, 0.25) is 0 Å². The lowest BCUT2D eigenvalue weighted by molar-refractivity contribution is 0.247. The van der Waals surface area contributed by atoms with Crippen LogP contribution in [0.3, 0.4) is 0 Å². The Morgan fingerprint density at radius 3 is 2.67 bits per heavy atom. The molecule has 1 saturated heterocycles. The van der Waals surface area contributed by atoms with Crippen LogP contribution < -0.4 is 0 Å². The Balaban J connectivity index is 1.63. The largest absolute Gasteiger partial charge is 0.272 e. The predicted octanol–water partition coefficient (Wildman–Crippen LogP) is 2.35. The van der Waals surface area contributed by atoms with Gasteiger partial charge < -0.3 is 0 Å². The number of nitrogens with zero attached hydrogens (tertiary/aromatic N) is 3. The van der Waals surface area contributed by atoms with Gasteiger partial charge in [-0.1, -0.05) is 0 Å². The van der Waals surface area contributed by atoms with Gasteiger partial charge in [-0.3, -0.25) is 4.68 Å². The van der Waals surface area contributed by atoms with E-state index in [1.807, 2.05) is 29.9 Å². The topological polar surface area (TPSA) is 55.2 Å². The number of rotatable bonds is 4. The van der Waals surface area contributed by atoms with E-state index in [1.165, 1.54) is 11.3 Å². The highest BCUT2D eigenvalue weighted by atomic mass is 32.2. The molecular weight excluding hydrogens is 306 g/mol. The highest BCUT2D eigenvalue weighted by molar-refractivity contribution is 7.91. The van der Waals surface area contributed by atoms with Crippen molar-refractivity contribution in [2.45, 2.75) is 30.5 Å². The molecule has 0 N–H and O–H groups in total. The molecule has 21 heavy (non-hydrogen) atoms. The summed E-state index contributed by atoms with van der Waals surface area (Å²) in [5, 5.41) is 4.21. The molecule has 114 valence electrons. The lowest BCUT2D eigenvalue weighted by Gasteiger charge is -2.30. The molecule has 1 aliphatic heterocycles. The minimum atomic E-state index is -3.30. The number of piperidine rings is 1. The SMILES string of the molecule is Cc1ccc(S(=O)(=O)N2CCC(Cn3cccn3)CC2)s1. The second kappa shape index (κ2) is 5.90. The quantitative estimate of drug-likeness (QED) is 0.867. The fraction of sp³-hybridized carbons (Fsp3) is 0.500. The molecule has 5 nitrogen and oxygen atoms in total. The molecule has 0 unspecified atom stereocenters. The van der Waals surface area contributed by atoms with E-state index in [0.29, 0.717) is 23.2 Å². The maximum absolute atomic E-state index is 12.5. The number of hydrogen-bond acceptors (Lipinski definition) is 4. The Morgan fingerprint density at radius 2 is 2.10 bits per heavy atom. The van der Waals surface area contributed by atoms with Gasteiger partial charge in [-0.15, -0.1) is 11.3 Å². The Bertz CT molecular complexity index is 684. The van der Waals surface area contributed by atoms with E-state index in [0.717, 1.165) is 24.3 Å². The molecule has 2 aromatic heterocycles. The molecule has 0 bridgehead atoms. The molecule has 1 aliphatic rings. The van der Waals surface area contributed by atoms with Crippen LogP contribution in [0.25, 0.3) is 0 Å². The van der Waals surface area contributed by atoms with Gasteiger partial charge in [-0.25, -0.2) is 8.42 Å². The van der Waals surface area contributed by atoms with Crippen LogP contribution in [-0.2, 0) is 16.6 Å². The molecule has 0 saturated carbocycles. The lowest BCUT2D eigenvalue weighted by Crippen LogP contribution is -2.39. The Labute approximate surface area is 129 Å². The minimum absolute atomic E-state index is 0.463. The van der Waals surface area contributed by atoms with Crippen molar-refractivity contribution in [3.63, 3.8) is 0 Å². The zero-order valence-electron chi connectivity index (χ0n) is 12.0. The first-order valence-electron chi connectivity index (χ1n) is 7.10. The highest BCUT2D eigenvalue weighted by Gasteiger charge is 2.30. The van der Waals surface area contributed by atoms with Gasteiger partial charge in [0.25, 0.3) is 10.0 Å². The van der Waals surface area contributed by atoms with Crippen molar-refractivity contribution >= 4 is 21.4 Å². The second-order valence-corrected chi connectivity index (χ2v) is 8.89. The number of thiophene rings is 1. The average molecular weight is 325 g/mol. The van der Waals surface area contributed by atoms with Crippen LogP contribution in [0.15, 0.2) is 34.8 Å². The predicted molar refractivity (Wildman–Crippen MR) is 82.8 cm³/mol. The standard InChI is InChI=1S/C14H19N3O2S2/c1-12-3-4-14(20-12)21(18,19)17-9-5-13(6-10-17)11-16-8-2-7-15-16/h2-4,7-8,13H,5-6,9-11H2,1H3. The fourth-order valence-corrected chi connectivity index (χ4v) is 5.59. The number of aromatic nitrogens is 2. The first-order chi connectivity index (χ1) is 10.1. The van der Waals surface area contributed by atoms with Gasteiger partial charge in [-0.05, 0) is 43.9 Å². The van der Waals surface area contributed by atoms with E-state index in [4.69, 9.17) is 0 Å².